The summed E-state index contributed by atoms with van der Waals surface area (Å²) in [6.45, 7) is 2.59. The van der Waals surface area contributed by atoms with E-state index in [4.69, 9.17) is 10.5 Å². The van der Waals surface area contributed by atoms with Crippen molar-refractivity contribution in [2.75, 3.05) is 52.4 Å². The smallest absolute Gasteiger partial charge is 0.236 e. The second-order valence-corrected chi connectivity index (χ2v) is 6.87. The van der Waals surface area contributed by atoms with Crippen molar-refractivity contribution in [3.63, 3.8) is 0 Å². The Morgan fingerprint density at radius 1 is 1.42 bits per heavy atom. The molecule has 3 N–H and O–H groups in total. The van der Waals surface area contributed by atoms with Crippen molar-refractivity contribution in [1.29, 1.82) is 0 Å². The number of ether oxygens (including phenoxy) is 1. The minimum Gasteiger partial charge on any atom is -0.383 e. The fourth-order valence-electron chi connectivity index (χ4n) is 1.33. The van der Waals surface area contributed by atoms with Gasteiger partial charge in [0.15, 0.2) is 0 Å². The molecule has 0 aliphatic heterocycles. The van der Waals surface area contributed by atoms with E-state index in [2.05, 4.69) is 5.32 Å². The molecule has 1 unspecified atom stereocenters. The highest BCUT2D eigenvalue weighted by molar-refractivity contribution is 7.90. The minimum absolute atomic E-state index is 0.0741. The van der Waals surface area contributed by atoms with Crippen LogP contribution in [0.15, 0.2) is 0 Å². The molecule has 0 aliphatic carbocycles. The van der Waals surface area contributed by atoms with Gasteiger partial charge in [0.05, 0.1) is 18.4 Å². The zero-order valence-electron chi connectivity index (χ0n) is 11.9. The number of likely N-dealkylation sites (N-methyl/N-ethyl adjacent to an activating group) is 1. The van der Waals surface area contributed by atoms with Crippen LogP contribution < -0.4 is 11.1 Å². The average molecular weight is 295 g/mol. The van der Waals surface area contributed by atoms with Gasteiger partial charge in [-0.2, -0.15) is 0 Å². The van der Waals surface area contributed by atoms with Gasteiger partial charge in [-0.1, -0.05) is 0 Å². The summed E-state index contributed by atoms with van der Waals surface area (Å²) in [5.74, 6) is -0.390. The van der Waals surface area contributed by atoms with Crippen molar-refractivity contribution in [2.24, 2.45) is 5.73 Å². The summed E-state index contributed by atoms with van der Waals surface area (Å²) in [5.41, 5.74) is 5.61. The van der Waals surface area contributed by atoms with Crippen LogP contribution in [0.25, 0.3) is 0 Å². The second kappa shape index (κ2) is 9.24. The number of nitrogens with zero attached hydrogens (tertiary/aromatic N) is 1. The first-order chi connectivity index (χ1) is 8.76. The molecule has 0 radical (unpaired) electrons. The third-order valence-corrected chi connectivity index (χ3v) is 3.58. The Morgan fingerprint density at radius 2 is 2.05 bits per heavy atom. The van der Waals surface area contributed by atoms with Crippen molar-refractivity contribution in [2.45, 2.75) is 12.5 Å². The van der Waals surface area contributed by atoms with E-state index in [1.807, 2.05) is 11.9 Å². The first-order valence-corrected chi connectivity index (χ1v) is 8.21. The summed E-state index contributed by atoms with van der Waals surface area (Å²) in [6.07, 6.45) is 1.27. The highest BCUT2D eigenvalue weighted by Crippen LogP contribution is 1.94. The lowest BCUT2D eigenvalue weighted by atomic mass is 10.2. The van der Waals surface area contributed by atoms with Crippen molar-refractivity contribution >= 4 is 15.7 Å². The van der Waals surface area contributed by atoms with E-state index in [-0.39, 0.29) is 18.1 Å². The topological polar surface area (TPSA) is 102 Å². The molecule has 114 valence electrons. The van der Waals surface area contributed by atoms with E-state index in [1.165, 1.54) is 0 Å². The third kappa shape index (κ3) is 10.9. The number of rotatable bonds is 10. The molecule has 0 aromatic heterocycles. The van der Waals surface area contributed by atoms with Gasteiger partial charge < -0.3 is 20.7 Å². The first-order valence-electron chi connectivity index (χ1n) is 6.14. The Balaban J connectivity index is 3.79. The first kappa shape index (κ1) is 18.3. The monoisotopic (exact) mass is 295 g/mol. The van der Waals surface area contributed by atoms with Gasteiger partial charge in [0.25, 0.3) is 0 Å². The molecule has 0 rings (SSSR count). The molecule has 0 aromatic rings. The highest BCUT2D eigenvalue weighted by atomic mass is 32.2. The lowest BCUT2D eigenvalue weighted by molar-refractivity contribution is -0.122. The lowest BCUT2D eigenvalue weighted by Gasteiger charge is -2.17. The van der Waals surface area contributed by atoms with Crippen LogP contribution in [0.3, 0.4) is 0 Å². The number of amides is 1. The molecule has 0 spiro atoms. The zero-order valence-corrected chi connectivity index (χ0v) is 12.7. The van der Waals surface area contributed by atoms with Crippen LogP contribution in [0.2, 0.25) is 0 Å². The number of carbonyl (C=O) groups is 1. The second-order valence-electron chi connectivity index (χ2n) is 4.61. The van der Waals surface area contributed by atoms with Gasteiger partial charge in [0.1, 0.15) is 9.84 Å². The van der Waals surface area contributed by atoms with Gasteiger partial charge in [0, 0.05) is 33.0 Å². The average Bonchev–Trinajstić information content (AvgIpc) is 2.32. The summed E-state index contributed by atoms with van der Waals surface area (Å²) < 4.78 is 26.8. The largest absolute Gasteiger partial charge is 0.383 e. The van der Waals surface area contributed by atoms with Crippen LogP contribution in [0.5, 0.6) is 0 Å². The van der Waals surface area contributed by atoms with E-state index < -0.39 is 15.9 Å². The van der Waals surface area contributed by atoms with Gasteiger partial charge in [0.2, 0.25) is 5.91 Å². The molecule has 7 nitrogen and oxygen atoms in total. The van der Waals surface area contributed by atoms with Crippen LogP contribution in [-0.2, 0) is 19.4 Å². The fraction of sp³-hybridized carbons (Fsp3) is 0.909. The third-order valence-electron chi connectivity index (χ3n) is 2.61. The maximum Gasteiger partial charge on any atom is 0.236 e. The maximum absolute atomic E-state index is 11.6. The Hall–Kier alpha value is -0.700. The van der Waals surface area contributed by atoms with Crippen LogP contribution >= 0.6 is 0 Å². The molecular weight excluding hydrogens is 270 g/mol. The van der Waals surface area contributed by atoms with E-state index in [1.54, 1.807) is 7.11 Å². The van der Waals surface area contributed by atoms with E-state index in [0.29, 0.717) is 19.7 Å². The Kier molecular flexibility index (Phi) is 8.90. The Labute approximate surface area is 115 Å². The van der Waals surface area contributed by atoms with Crippen LogP contribution in [0.4, 0.5) is 0 Å². The number of hydrogen-bond donors (Lipinski definition) is 2. The van der Waals surface area contributed by atoms with Gasteiger partial charge in [-0.15, -0.1) is 0 Å². The van der Waals surface area contributed by atoms with E-state index in [0.717, 1.165) is 12.8 Å². The lowest BCUT2D eigenvalue weighted by Crippen LogP contribution is -2.44. The van der Waals surface area contributed by atoms with E-state index in [9.17, 15) is 13.2 Å². The Bertz CT molecular complexity index is 359. The van der Waals surface area contributed by atoms with Crippen molar-refractivity contribution in [3.05, 3.63) is 0 Å². The molecule has 0 aliphatic rings. The fourth-order valence-corrected chi connectivity index (χ4v) is 2.01. The SMILES string of the molecule is COCCN(C)CCNC(=O)C(N)CCS(C)(=O)=O. The molecule has 19 heavy (non-hydrogen) atoms. The molecule has 1 atom stereocenters. The Morgan fingerprint density at radius 3 is 2.58 bits per heavy atom. The van der Waals surface area contributed by atoms with Crippen LogP contribution in [-0.4, -0.2) is 77.7 Å². The van der Waals surface area contributed by atoms with Crippen molar-refractivity contribution in [1.82, 2.24) is 10.2 Å². The van der Waals surface area contributed by atoms with E-state index >= 15 is 0 Å². The molecule has 1 amide bonds. The minimum atomic E-state index is -3.08. The number of nitrogens with one attached hydrogen (secondary N) is 1. The van der Waals surface area contributed by atoms with Gasteiger partial charge in [-0.3, -0.25) is 4.79 Å². The van der Waals surface area contributed by atoms with Gasteiger partial charge in [-0.05, 0) is 13.5 Å². The number of methoxy groups -OCH3 is 1. The predicted octanol–water partition coefficient (Wildman–Crippen LogP) is -1.56. The molecule has 0 fully saturated rings. The molecule has 8 heteroatoms. The summed E-state index contributed by atoms with van der Waals surface area (Å²) in [4.78, 5) is 13.6. The predicted molar refractivity (Wildman–Crippen MR) is 74.7 cm³/mol. The van der Waals surface area contributed by atoms with Crippen LogP contribution in [0.1, 0.15) is 6.42 Å². The molecular formula is C11H25N3O4S. The molecule has 0 saturated carbocycles. The van der Waals surface area contributed by atoms with Crippen LogP contribution in [0, 0.1) is 0 Å². The molecule has 0 saturated heterocycles. The summed E-state index contributed by atoms with van der Waals surface area (Å²) >= 11 is 0. The highest BCUT2D eigenvalue weighted by Gasteiger charge is 2.15. The summed E-state index contributed by atoms with van der Waals surface area (Å²) in [7, 11) is 0.482. The zero-order chi connectivity index (χ0) is 14.9. The van der Waals surface area contributed by atoms with Crippen molar-refractivity contribution < 1.29 is 17.9 Å². The number of hydrogen-bond acceptors (Lipinski definition) is 6. The molecule has 0 heterocycles. The van der Waals surface area contributed by atoms with Gasteiger partial charge >= 0.3 is 0 Å². The standard InChI is InChI=1S/C11H25N3O4S/c1-14(7-8-18-2)6-5-13-11(15)10(12)4-9-19(3,16)17/h10H,4-9,12H2,1-3H3,(H,13,15). The van der Waals surface area contributed by atoms with Crippen molar-refractivity contribution in [3.8, 4) is 0 Å². The quantitative estimate of drug-likeness (QED) is 0.505. The summed E-state index contributed by atoms with van der Waals surface area (Å²) in [5, 5.41) is 2.68. The number of nitrogens with two attached hydrogens (primary N) is 1. The maximum atomic E-state index is 11.6. The summed E-state index contributed by atoms with van der Waals surface area (Å²) in [6, 6.07) is -0.779. The normalized spacial score (nSPS) is 13.5. The number of carbonyl (C=O) groups excluding carboxylic acids is 1. The molecule has 0 bridgehead atoms. The van der Waals surface area contributed by atoms with Gasteiger partial charge in [-0.25, -0.2) is 8.42 Å². The molecule has 0 aromatic carbocycles. The number of sulfone groups is 1.